The summed E-state index contributed by atoms with van der Waals surface area (Å²) in [6.07, 6.45) is 6.31. The van der Waals surface area contributed by atoms with Gasteiger partial charge in [-0.05, 0) is 15.9 Å². The molecule has 0 saturated carbocycles. The van der Waals surface area contributed by atoms with Gasteiger partial charge in [-0.2, -0.15) is 0 Å². The van der Waals surface area contributed by atoms with Crippen molar-refractivity contribution in [2.45, 2.75) is 11.5 Å². The van der Waals surface area contributed by atoms with Gasteiger partial charge >= 0.3 is 0 Å². The van der Waals surface area contributed by atoms with Crippen LogP contribution in [0.5, 0.6) is 5.75 Å². The fraction of sp³-hybridized carbons (Fsp3) is 0.118. The van der Waals surface area contributed by atoms with Crippen molar-refractivity contribution in [2.75, 3.05) is 0 Å². The summed E-state index contributed by atoms with van der Waals surface area (Å²) in [7, 11) is 0. The standard InChI is InChI=1S/C17H9BrClFO2/c1-2-11-14-13(8-12(20)16(19)15(14)18)22-17(11,9-21)10-6-4-3-5-7-10/h1,3-9,11H/t11-,17+/m0/s1. The molecule has 0 bridgehead atoms. The summed E-state index contributed by atoms with van der Waals surface area (Å²) in [6.45, 7) is 0. The molecule has 0 saturated heterocycles. The Bertz CT molecular complexity index is 801. The zero-order chi connectivity index (χ0) is 15.9. The summed E-state index contributed by atoms with van der Waals surface area (Å²) in [5.74, 6) is 1.44. The summed E-state index contributed by atoms with van der Waals surface area (Å²) in [5.41, 5.74) is -0.282. The summed E-state index contributed by atoms with van der Waals surface area (Å²) in [5, 5.41) is -0.0858. The number of fused-ring (bicyclic) bond motifs is 1. The van der Waals surface area contributed by atoms with E-state index in [4.69, 9.17) is 22.8 Å². The highest BCUT2D eigenvalue weighted by atomic mass is 79.9. The van der Waals surface area contributed by atoms with E-state index in [9.17, 15) is 9.18 Å². The molecule has 3 rings (SSSR count). The molecule has 1 aliphatic heterocycles. The Hall–Kier alpha value is -1.83. The molecular formula is C17H9BrClFO2. The average Bonchev–Trinajstić information content (AvgIpc) is 2.88. The Kier molecular flexibility index (Phi) is 3.72. The lowest BCUT2D eigenvalue weighted by atomic mass is 9.80. The molecule has 0 radical (unpaired) electrons. The van der Waals surface area contributed by atoms with Crippen molar-refractivity contribution in [3.8, 4) is 18.1 Å². The van der Waals surface area contributed by atoms with Crippen LogP contribution in [0.25, 0.3) is 0 Å². The van der Waals surface area contributed by atoms with E-state index in [2.05, 4.69) is 21.9 Å². The number of hydrogen-bond donors (Lipinski definition) is 0. The summed E-state index contributed by atoms with van der Waals surface area (Å²) < 4.78 is 20.0. The van der Waals surface area contributed by atoms with Crippen molar-refractivity contribution in [3.63, 3.8) is 0 Å². The number of terminal acetylenes is 1. The van der Waals surface area contributed by atoms with Gasteiger partial charge in [-0.25, -0.2) is 4.39 Å². The van der Waals surface area contributed by atoms with Gasteiger partial charge in [-0.1, -0.05) is 47.9 Å². The number of carbonyl (C=O) groups excluding carboxylic acids is 1. The average molecular weight is 380 g/mol. The SMILES string of the molecule is C#C[C@H]1c2c(cc(F)c(Cl)c2Br)O[C@]1(C=O)c1ccccc1. The van der Waals surface area contributed by atoms with Gasteiger partial charge in [0.05, 0.1) is 5.02 Å². The first-order valence-electron chi connectivity index (χ1n) is 6.39. The van der Waals surface area contributed by atoms with E-state index in [0.717, 1.165) is 6.07 Å². The predicted octanol–water partition coefficient (Wildman–Crippen LogP) is 4.45. The van der Waals surface area contributed by atoms with Crippen molar-refractivity contribution < 1.29 is 13.9 Å². The van der Waals surface area contributed by atoms with Crippen LogP contribution in [-0.4, -0.2) is 6.29 Å². The lowest BCUT2D eigenvalue weighted by Gasteiger charge is -2.26. The highest BCUT2D eigenvalue weighted by molar-refractivity contribution is 9.10. The van der Waals surface area contributed by atoms with Crippen molar-refractivity contribution in [1.29, 1.82) is 0 Å². The van der Waals surface area contributed by atoms with E-state index in [1.807, 2.05) is 6.07 Å². The number of rotatable bonds is 2. The van der Waals surface area contributed by atoms with Gasteiger partial charge in [0.1, 0.15) is 17.5 Å². The number of ether oxygens (including phenoxy) is 1. The second-order valence-corrected chi connectivity index (χ2v) is 6.05. The fourth-order valence-electron chi connectivity index (χ4n) is 2.69. The zero-order valence-corrected chi connectivity index (χ0v) is 13.5. The van der Waals surface area contributed by atoms with E-state index >= 15 is 0 Å². The maximum Gasteiger partial charge on any atom is 0.206 e. The number of hydrogen-bond acceptors (Lipinski definition) is 2. The fourth-order valence-corrected chi connectivity index (χ4v) is 3.46. The van der Waals surface area contributed by atoms with E-state index < -0.39 is 17.3 Å². The van der Waals surface area contributed by atoms with E-state index in [1.54, 1.807) is 24.3 Å². The Balaban J connectivity index is 2.28. The Morgan fingerprint density at radius 3 is 2.68 bits per heavy atom. The van der Waals surface area contributed by atoms with Crippen molar-refractivity contribution >= 4 is 33.8 Å². The van der Waals surface area contributed by atoms with Crippen LogP contribution in [0.4, 0.5) is 4.39 Å². The number of aldehydes is 1. The Labute approximate surface area is 140 Å². The Morgan fingerprint density at radius 1 is 1.41 bits per heavy atom. The molecule has 22 heavy (non-hydrogen) atoms. The molecule has 2 atom stereocenters. The first-order valence-corrected chi connectivity index (χ1v) is 7.56. The topological polar surface area (TPSA) is 26.3 Å². The second kappa shape index (κ2) is 5.42. The molecule has 0 fully saturated rings. The van der Waals surface area contributed by atoms with Gasteiger partial charge in [0.2, 0.25) is 5.60 Å². The minimum atomic E-state index is -1.39. The van der Waals surface area contributed by atoms with Crippen molar-refractivity contribution in [3.05, 3.63) is 62.8 Å². The molecule has 0 amide bonds. The molecule has 0 N–H and O–H groups in total. The van der Waals surface area contributed by atoms with Crippen LogP contribution in [0.15, 0.2) is 40.9 Å². The molecule has 1 heterocycles. The largest absolute Gasteiger partial charge is 0.473 e. The van der Waals surface area contributed by atoms with Gasteiger partial charge in [0, 0.05) is 21.7 Å². The lowest BCUT2D eigenvalue weighted by Crippen LogP contribution is -2.36. The molecule has 2 nitrogen and oxygen atoms in total. The van der Waals surface area contributed by atoms with E-state index in [1.165, 1.54) is 0 Å². The van der Waals surface area contributed by atoms with Crippen LogP contribution >= 0.6 is 27.5 Å². The first-order chi connectivity index (χ1) is 10.5. The molecule has 0 aliphatic carbocycles. The van der Waals surface area contributed by atoms with Crippen LogP contribution < -0.4 is 4.74 Å². The highest BCUT2D eigenvalue weighted by Gasteiger charge is 2.51. The predicted molar refractivity (Wildman–Crippen MR) is 85.5 cm³/mol. The summed E-state index contributed by atoms with van der Waals surface area (Å²) in [6, 6.07) is 10.0. The normalized spacial score (nSPS) is 22.5. The quantitative estimate of drug-likeness (QED) is 0.438. The maximum atomic E-state index is 13.8. The van der Waals surface area contributed by atoms with Crippen LogP contribution in [0.2, 0.25) is 5.02 Å². The number of benzene rings is 2. The van der Waals surface area contributed by atoms with Gasteiger partial charge in [-0.15, -0.1) is 6.42 Å². The van der Waals surface area contributed by atoms with Crippen LogP contribution in [0.3, 0.4) is 0 Å². The minimum Gasteiger partial charge on any atom is -0.473 e. The van der Waals surface area contributed by atoms with Gasteiger partial charge in [-0.3, -0.25) is 4.79 Å². The third-order valence-corrected chi connectivity index (χ3v) is 5.15. The molecule has 0 spiro atoms. The lowest BCUT2D eigenvalue weighted by molar-refractivity contribution is -0.121. The van der Waals surface area contributed by atoms with E-state index in [-0.39, 0.29) is 10.8 Å². The molecule has 0 unspecified atom stereocenters. The van der Waals surface area contributed by atoms with Gasteiger partial charge in [0.25, 0.3) is 0 Å². The minimum absolute atomic E-state index is 0.0858. The molecule has 2 aromatic rings. The van der Waals surface area contributed by atoms with Crippen LogP contribution in [0, 0.1) is 18.2 Å². The molecule has 0 aromatic heterocycles. The smallest absolute Gasteiger partial charge is 0.206 e. The molecule has 110 valence electrons. The van der Waals surface area contributed by atoms with Gasteiger partial charge in [0.15, 0.2) is 6.29 Å². The number of carbonyl (C=O) groups is 1. The molecule has 1 aliphatic rings. The third-order valence-electron chi connectivity index (χ3n) is 3.73. The highest BCUT2D eigenvalue weighted by Crippen LogP contribution is 2.53. The molecular weight excluding hydrogens is 371 g/mol. The zero-order valence-electron chi connectivity index (χ0n) is 11.1. The summed E-state index contributed by atoms with van der Waals surface area (Å²) in [4.78, 5) is 11.9. The molecule has 2 aromatic carbocycles. The van der Waals surface area contributed by atoms with E-state index in [0.29, 0.717) is 21.9 Å². The van der Waals surface area contributed by atoms with Crippen molar-refractivity contribution in [2.24, 2.45) is 0 Å². The monoisotopic (exact) mass is 378 g/mol. The second-order valence-electron chi connectivity index (χ2n) is 4.88. The number of halogens is 3. The molecule has 5 heteroatoms. The van der Waals surface area contributed by atoms with Crippen LogP contribution in [-0.2, 0) is 10.4 Å². The van der Waals surface area contributed by atoms with Crippen LogP contribution in [0.1, 0.15) is 17.0 Å². The first kappa shape index (κ1) is 15.1. The Morgan fingerprint density at radius 2 is 2.09 bits per heavy atom. The third kappa shape index (κ3) is 1.97. The van der Waals surface area contributed by atoms with Crippen molar-refractivity contribution in [1.82, 2.24) is 0 Å². The van der Waals surface area contributed by atoms with Gasteiger partial charge < -0.3 is 4.74 Å². The maximum absolute atomic E-state index is 13.8. The summed E-state index contributed by atoms with van der Waals surface area (Å²) >= 11 is 9.18.